The van der Waals surface area contributed by atoms with Gasteiger partial charge in [0.2, 0.25) is 5.91 Å². The van der Waals surface area contributed by atoms with Crippen LogP contribution in [0.5, 0.6) is 0 Å². The van der Waals surface area contributed by atoms with E-state index in [-0.39, 0.29) is 5.91 Å². The van der Waals surface area contributed by atoms with E-state index in [4.69, 9.17) is 0 Å². The zero-order chi connectivity index (χ0) is 12.4. The summed E-state index contributed by atoms with van der Waals surface area (Å²) in [6.07, 6.45) is 0. The van der Waals surface area contributed by atoms with Gasteiger partial charge >= 0.3 is 0 Å². The van der Waals surface area contributed by atoms with Crippen LogP contribution in [0.4, 0.5) is 11.4 Å². The van der Waals surface area contributed by atoms with Gasteiger partial charge in [-0.1, -0.05) is 42.5 Å². The molecule has 0 aliphatic carbocycles. The van der Waals surface area contributed by atoms with Gasteiger partial charge in [-0.25, -0.2) is 0 Å². The average Bonchev–Trinajstić information content (AvgIpc) is 2.40. The summed E-state index contributed by atoms with van der Waals surface area (Å²) in [6.45, 7) is 2.31. The number of hydrogen-bond acceptors (Lipinski definition) is 2. The first-order valence-corrected chi connectivity index (χ1v) is 5.88. The monoisotopic (exact) mass is 237 g/mol. The van der Waals surface area contributed by atoms with Crippen molar-refractivity contribution >= 4 is 17.3 Å². The topological polar surface area (TPSA) is 32.3 Å². The maximum Gasteiger partial charge on any atom is 0.249 e. The van der Waals surface area contributed by atoms with Crippen LogP contribution in [-0.2, 0) is 11.3 Å². The fourth-order valence-corrected chi connectivity index (χ4v) is 2.12. The van der Waals surface area contributed by atoms with Crippen LogP contribution in [0.15, 0.2) is 54.6 Å². The van der Waals surface area contributed by atoms with Crippen molar-refractivity contribution in [1.29, 1.82) is 0 Å². The van der Waals surface area contributed by atoms with Crippen LogP contribution >= 0.6 is 0 Å². The van der Waals surface area contributed by atoms with E-state index < -0.39 is 0 Å². The highest BCUT2D eigenvalue weighted by atomic mass is 16.2. The molecule has 0 saturated heterocycles. The molecule has 2 aromatic carbocycles. The first kappa shape index (κ1) is 10.8. The number of hydrogen-bond donors (Lipinski definition) is 1. The molecule has 1 amide bonds. The predicted octanol–water partition coefficient (Wildman–Crippen LogP) is 2.81. The minimum absolute atomic E-state index is 0.0790. The summed E-state index contributed by atoms with van der Waals surface area (Å²) in [5.74, 6) is -0.0790. The Kier molecular flexibility index (Phi) is 2.73. The van der Waals surface area contributed by atoms with Gasteiger partial charge in [0, 0.05) is 6.54 Å². The molecule has 1 radical (unpaired) electrons. The van der Waals surface area contributed by atoms with Gasteiger partial charge in [0.1, 0.15) is 6.54 Å². The minimum atomic E-state index is -0.0790. The molecule has 3 heteroatoms. The summed E-state index contributed by atoms with van der Waals surface area (Å²) >= 11 is 0. The largest absolute Gasteiger partial charge is 0.351 e. The normalized spacial score (nSPS) is 14.0. The van der Waals surface area contributed by atoms with Crippen molar-refractivity contribution in [3.05, 3.63) is 66.7 Å². The van der Waals surface area contributed by atoms with E-state index in [1.807, 2.05) is 47.4 Å². The van der Waals surface area contributed by atoms with E-state index in [0.29, 0.717) is 6.54 Å². The molecule has 0 bridgehead atoms. The van der Waals surface area contributed by atoms with Crippen LogP contribution in [0.3, 0.4) is 0 Å². The Morgan fingerprint density at radius 1 is 0.944 bits per heavy atom. The van der Waals surface area contributed by atoms with Crippen molar-refractivity contribution in [3.8, 4) is 0 Å². The van der Waals surface area contributed by atoms with Gasteiger partial charge in [-0.3, -0.25) is 4.79 Å². The number of nitrogens with one attached hydrogen (secondary N) is 1. The molecule has 3 nitrogen and oxygen atoms in total. The molecular formula is C15H13N2O. The fourth-order valence-electron chi connectivity index (χ4n) is 2.12. The lowest BCUT2D eigenvalue weighted by Gasteiger charge is -2.30. The Labute approximate surface area is 106 Å². The zero-order valence-electron chi connectivity index (χ0n) is 9.84. The Morgan fingerprint density at radius 2 is 1.67 bits per heavy atom. The molecule has 1 aliphatic heterocycles. The Morgan fingerprint density at radius 3 is 2.50 bits per heavy atom. The molecule has 1 N–H and O–H groups in total. The van der Waals surface area contributed by atoms with Crippen LogP contribution in [0, 0.1) is 6.54 Å². The Balaban J connectivity index is 1.91. The van der Waals surface area contributed by atoms with Crippen LogP contribution < -0.4 is 10.2 Å². The van der Waals surface area contributed by atoms with Crippen molar-refractivity contribution in [2.45, 2.75) is 6.54 Å². The lowest BCUT2D eigenvalue weighted by Crippen LogP contribution is -2.33. The molecule has 0 unspecified atom stereocenters. The summed E-state index contributed by atoms with van der Waals surface area (Å²) in [4.78, 5) is 13.6. The highest BCUT2D eigenvalue weighted by molar-refractivity contribution is 6.05. The number of para-hydroxylation sites is 2. The molecule has 0 aromatic heterocycles. The molecular weight excluding hydrogens is 224 g/mol. The first-order valence-electron chi connectivity index (χ1n) is 5.88. The lowest BCUT2D eigenvalue weighted by atomic mass is 10.1. The number of rotatable bonds is 2. The van der Waals surface area contributed by atoms with Crippen molar-refractivity contribution in [3.63, 3.8) is 0 Å². The first-order chi connectivity index (χ1) is 8.83. The average molecular weight is 237 g/mol. The molecule has 0 spiro atoms. The second kappa shape index (κ2) is 4.53. The number of nitrogens with zero attached hydrogens (tertiary/aromatic N) is 1. The van der Waals surface area contributed by atoms with Gasteiger partial charge in [0.05, 0.1) is 11.4 Å². The van der Waals surface area contributed by atoms with E-state index in [1.54, 1.807) is 6.54 Å². The quantitative estimate of drug-likeness (QED) is 0.871. The molecule has 18 heavy (non-hydrogen) atoms. The fraction of sp³-hybridized carbons (Fsp3) is 0.0667. The van der Waals surface area contributed by atoms with E-state index >= 15 is 0 Å². The summed E-state index contributed by atoms with van der Waals surface area (Å²) in [6, 6.07) is 17.9. The number of fused-ring (bicyclic) bond motifs is 1. The number of anilines is 2. The SMILES string of the molecule is O=C1[CH]N(Cc2ccccc2)c2ccccc2N1. The Bertz CT molecular complexity index is 566. The summed E-state index contributed by atoms with van der Waals surface area (Å²) in [5, 5.41) is 2.84. The number of benzene rings is 2. The van der Waals surface area contributed by atoms with Gasteiger partial charge in [0.15, 0.2) is 0 Å². The summed E-state index contributed by atoms with van der Waals surface area (Å²) in [7, 11) is 0. The molecule has 89 valence electrons. The van der Waals surface area contributed by atoms with Gasteiger partial charge in [-0.15, -0.1) is 0 Å². The van der Waals surface area contributed by atoms with Crippen molar-refractivity contribution in [1.82, 2.24) is 0 Å². The van der Waals surface area contributed by atoms with Crippen LogP contribution in [0.2, 0.25) is 0 Å². The molecule has 1 heterocycles. The molecule has 0 saturated carbocycles. The third-order valence-corrected chi connectivity index (χ3v) is 2.94. The molecule has 1 aliphatic rings. The van der Waals surface area contributed by atoms with Gasteiger partial charge in [0.25, 0.3) is 0 Å². The van der Waals surface area contributed by atoms with E-state index in [2.05, 4.69) is 17.4 Å². The van der Waals surface area contributed by atoms with Gasteiger partial charge < -0.3 is 10.2 Å². The van der Waals surface area contributed by atoms with E-state index in [0.717, 1.165) is 11.4 Å². The smallest absolute Gasteiger partial charge is 0.249 e. The van der Waals surface area contributed by atoms with Crippen molar-refractivity contribution < 1.29 is 4.79 Å². The highest BCUT2D eigenvalue weighted by Crippen LogP contribution is 2.31. The molecule has 2 aromatic rings. The third kappa shape index (κ3) is 2.07. The molecule has 3 rings (SSSR count). The zero-order valence-corrected chi connectivity index (χ0v) is 9.84. The standard InChI is InChI=1S/C15H13N2O/c18-15-11-17(10-12-6-2-1-3-7-12)14-9-5-4-8-13(14)16-15/h1-9,11H,10H2,(H,16,18). The summed E-state index contributed by atoms with van der Waals surface area (Å²) < 4.78 is 0. The van der Waals surface area contributed by atoms with Crippen LogP contribution in [0.1, 0.15) is 5.56 Å². The predicted molar refractivity (Wildman–Crippen MR) is 72.0 cm³/mol. The van der Waals surface area contributed by atoms with Crippen LogP contribution in [-0.4, -0.2) is 5.91 Å². The second-order valence-corrected chi connectivity index (χ2v) is 4.25. The third-order valence-electron chi connectivity index (χ3n) is 2.94. The lowest BCUT2D eigenvalue weighted by molar-refractivity contribution is -0.113. The number of carbonyl (C=O) groups excluding carboxylic acids is 1. The van der Waals surface area contributed by atoms with Crippen LogP contribution in [0.25, 0.3) is 0 Å². The maximum absolute atomic E-state index is 11.6. The maximum atomic E-state index is 11.6. The highest BCUT2D eigenvalue weighted by Gasteiger charge is 2.21. The number of amides is 1. The van der Waals surface area contributed by atoms with Gasteiger partial charge in [-0.2, -0.15) is 0 Å². The van der Waals surface area contributed by atoms with E-state index in [9.17, 15) is 4.79 Å². The summed E-state index contributed by atoms with van der Waals surface area (Å²) in [5.41, 5.74) is 3.07. The molecule has 0 fully saturated rings. The van der Waals surface area contributed by atoms with E-state index in [1.165, 1.54) is 5.56 Å². The van der Waals surface area contributed by atoms with Crippen molar-refractivity contribution in [2.75, 3.05) is 10.2 Å². The number of carbonyl (C=O) groups is 1. The minimum Gasteiger partial charge on any atom is -0.351 e. The molecule has 0 atom stereocenters. The Hall–Kier alpha value is -2.29. The van der Waals surface area contributed by atoms with Crippen molar-refractivity contribution in [2.24, 2.45) is 0 Å². The second-order valence-electron chi connectivity index (χ2n) is 4.25. The van der Waals surface area contributed by atoms with Gasteiger partial charge in [-0.05, 0) is 17.7 Å².